The van der Waals surface area contributed by atoms with Crippen molar-refractivity contribution in [3.8, 4) is 11.6 Å². The van der Waals surface area contributed by atoms with Gasteiger partial charge in [0.05, 0.1) is 10.9 Å². The zero-order valence-electron chi connectivity index (χ0n) is 13.2. The van der Waals surface area contributed by atoms with Gasteiger partial charge in [-0.3, -0.25) is 0 Å². The number of benzene rings is 1. The maximum absolute atomic E-state index is 12.7. The number of fused-ring (bicyclic) bond motifs is 1. The van der Waals surface area contributed by atoms with Crippen molar-refractivity contribution in [1.29, 1.82) is 0 Å². The van der Waals surface area contributed by atoms with E-state index in [0.717, 1.165) is 24.8 Å². The Morgan fingerprint density at radius 2 is 1.90 bits per heavy atom. The summed E-state index contributed by atoms with van der Waals surface area (Å²) in [5.41, 5.74) is 4.10. The summed E-state index contributed by atoms with van der Waals surface area (Å²) in [7, 11) is -5.09. The van der Waals surface area contributed by atoms with Crippen molar-refractivity contribution in [2.75, 3.05) is 0 Å². The van der Waals surface area contributed by atoms with Gasteiger partial charge in [0.15, 0.2) is 0 Å². The third kappa shape index (κ3) is 3.33. The van der Waals surface area contributed by atoms with Crippen LogP contribution in [0.25, 0.3) is 0 Å². The Labute approximate surface area is 129 Å². The fourth-order valence-corrected chi connectivity index (χ4v) is 4.64. The summed E-state index contributed by atoms with van der Waals surface area (Å²) in [5, 5.41) is 0. The van der Waals surface area contributed by atoms with Crippen LogP contribution in [0.4, 0.5) is 0 Å². The van der Waals surface area contributed by atoms with Crippen LogP contribution in [0.5, 0.6) is 0 Å². The Morgan fingerprint density at radius 3 is 2.52 bits per heavy atom. The first-order valence-electron chi connectivity index (χ1n) is 7.43. The molecule has 1 heterocycles. The number of nitrogens with zero attached hydrogens (tertiary/aromatic N) is 1. The van der Waals surface area contributed by atoms with Crippen LogP contribution in [0.3, 0.4) is 0 Å². The van der Waals surface area contributed by atoms with E-state index in [2.05, 4.69) is 38.2 Å². The van der Waals surface area contributed by atoms with Gasteiger partial charge in [-0.05, 0) is 18.1 Å². The van der Waals surface area contributed by atoms with Crippen molar-refractivity contribution < 1.29 is 8.42 Å². The minimum absolute atomic E-state index is 0.130. The van der Waals surface area contributed by atoms with Gasteiger partial charge in [0.1, 0.15) is 8.07 Å². The van der Waals surface area contributed by atoms with Crippen molar-refractivity contribution in [1.82, 2.24) is 4.31 Å². The molecule has 1 unspecified atom stereocenters. The number of hydrogen-bond donors (Lipinski definition) is 0. The second-order valence-electron chi connectivity index (χ2n) is 6.48. The lowest BCUT2D eigenvalue weighted by Crippen LogP contribution is -2.25. The van der Waals surface area contributed by atoms with Crippen LogP contribution in [0.15, 0.2) is 29.2 Å². The SMILES string of the molecule is CCCCC1c2ccccc2S(=O)(=O)N1C#C[Si](C)(C)C. The lowest BCUT2D eigenvalue weighted by atomic mass is 10.0. The monoisotopic (exact) mass is 321 g/mol. The molecule has 1 aromatic rings. The van der Waals surface area contributed by atoms with Crippen molar-refractivity contribution in [3.63, 3.8) is 0 Å². The first-order valence-corrected chi connectivity index (χ1v) is 12.4. The van der Waals surface area contributed by atoms with Gasteiger partial charge >= 0.3 is 0 Å². The third-order valence-corrected chi connectivity index (χ3v) is 6.12. The van der Waals surface area contributed by atoms with Gasteiger partial charge in [-0.25, -0.2) is 12.7 Å². The molecular formula is C16H23NO2SSi. The molecule has 5 heteroatoms. The quantitative estimate of drug-likeness (QED) is 0.628. The molecule has 0 amide bonds. The van der Waals surface area contributed by atoms with Crippen LogP contribution in [-0.2, 0) is 10.0 Å². The second kappa shape index (κ2) is 5.86. The van der Waals surface area contributed by atoms with Gasteiger partial charge in [-0.15, -0.1) is 5.54 Å². The Balaban J connectivity index is 2.49. The normalized spacial score (nSPS) is 19.8. The van der Waals surface area contributed by atoms with Gasteiger partial charge in [0.2, 0.25) is 0 Å². The van der Waals surface area contributed by atoms with Crippen LogP contribution in [-0.4, -0.2) is 20.8 Å². The van der Waals surface area contributed by atoms with Crippen LogP contribution >= 0.6 is 0 Å². The van der Waals surface area contributed by atoms with Crippen LogP contribution in [0.1, 0.15) is 37.8 Å². The summed E-state index contributed by atoms with van der Waals surface area (Å²) in [6.45, 7) is 8.48. The molecule has 0 saturated carbocycles. The van der Waals surface area contributed by atoms with E-state index in [0.29, 0.717) is 4.90 Å². The predicted molar refractivity (Wildman–Crippen MR) is 88.9 cm³/mol. The van der Waals surface area contributed by atoms with E-state index in [-0.39, 0.29) is 6.04 Å². The summed E-state index contributed by atoms with van der Waals surface area (Å²) in [4.78, 5) is 0.427. The number of unbranched alkanes of at least 4 members (excludes halogenated alkanes) is 1. The second-order valence-corrected chi connectivity index (χ2v) is 13.0. The Hall–Kier alpha value is -1.25. The average Bonchev–Trinajstić information content (AvgIpc) is 2.61. The average molecular weight is 322 g/mol. The lowest BCUT2D eigenvalue weighted by molar-refractivity contribution is 0.411. The van der Waals surface area contributed by atoms with E-state index >= 15 is 0 Å². The van der Waals surface area contributed by atoms with Crippen LogP contribution < -0.4 is 0 Å². The molecule has 0 spiro atoms. The highest BCUT2D eigenvalue weighted by Crippen LogP contribution is 2.41. The van der Waals surface area contributed by atoms with Gasteiger partial charge in [0.25, 0.3) is 10.0 Å². The van der Waals surface area contributed by atoms with Crippen LogP contribution in [0.2, 0.25) is 19.6 Å². The number of sulfonamides is 1. The molecule has 0 saturated heterocycles. The smallest absolute Gasteiger partial charge is 0.217 e. The summed E-state index contributed by atoms with van der Waals surface area (Å²) in [6.07, 6.45) is 2.88. The number of rotatable bonds is 3. The molecule has 2 rings (SSSR count). The Kier molecular flexibility index (Phi) is 4.50. The van der Waals surface area contributed by atoms with Gasteiger partial charge in [-0.1, -0.05) is 57.6 Å². The number of hydrogen-bond acceptors (Lipinski definition) is 2. The van der Waals surface area contributed by atoms with Crippen molar-refractivity contribution in [2.24, 2.45) is 0 Å². The Bertz CT molecular complexity index is 680. The molecule has 1 aromatic carbocycles. The van der Waals surface area contributed by atoms with E-state index in [1.165, 1.54) is 4.31 Å². The standard InChI is InChI=1S/C16H23NO2SSi/c1-5-6-10-15-14-9-7-8-11-16(14)20(18,19)17(15)12-13-21(2,3)4/h7-9,11,15H,5-6,10H2,1-4H3. The van der Waals surface area contributed by atoms with E-state index in [1.807, 2.05) is 12.1 Å². The van der Waals surface area contributed by atoms with Crippen molar-refractivity contribution in [2.45, 2.75) is 56.8 Å². The summed E-state index contributed by atoms with van der Waals surface area (Å²) < 4.78 is 26.8. The molecule has 0 aliphatic carbocycles. The highest BCUT2D eigenvalue weighted by atomic mass is 32.2. The lowest BCUT2D eigenvalue weighted by Gasteiger charge is -2.20. The molecule has 114 valence electrons. The molecule has 3 nitrogen and oxygen atoms in total. The van der Waals surface area contributed by atoms with Gasteiger partial charge in [0, 0.05) is 6.04 Å². The fourth-order valence-electron chi connectivity index (χ4n) is 2.42. The molecule has 1 atom stereocenters. The molecule has 0 aromatic heterocycles. The highest BCUT2D eigenvalue weighted by molar-refractivity contribution is 7.89. The van der Waals surface area contributed by atoms with E-state index in [1.54, 1.807) is 12.1 Å². The van der Waals surface area contributed by atoms with Gasteiger partial charge < -0.3 is 0 Å². The first kappa shape index (κ1) is 16.1. The van der Waals surface area contributed by atoms with E-state index in [4.69, 9.17) is 0 Å². The zero-order valence-corrected chi connectivity index (χ0v) is 15.0. The molecule has 0 N–H and O–H groups in total. The topological polar surface area (TPSA) is 37.4 Å². The van der Waals surface area contributed by atoms with Crippen LogP contribution in [0, 0.1) is 11.6 Å². The minimum atomic E-state index is -3.47. The molecular weight excluding hydrogens is 298 g/mol. The molecule has 1 aliphatic rings. The molecule has 1 aliphatic heterocycles. The van der Waals surface area contributed by atoms with Crippen molar-refractivity contribution >= 4 is 18.1 Å². The summed E-state index contributed by atoms with van der Waals surface area (Å²) >= 11 is 0. The maximum atomic E-state index is 12.7. The fraction of sp³-hybridized carbons (Fsp3) is 0.500. The zero-order chi connectivity index (χ0) is 15.7. The van der Waals surface area contributed by atoms with Crippen molar-refractivity contribution in [3.05, 3.63) is 29.8 Å². The molecule has 0 radical (unpaired) electrons. The van der Waals surface area contributed by atoms with E-state index < -0.39 is 18.1 Å². The highest BCUT2D eigenvalue weighted by Gasteiger charge is 2.40. The molecule has 0 bridgehead atoms. The minimum Gasteiger partial charge on any atom is -0.217 e. The first-order chi connectivity index (χ1) is 9.77. The van der Waals surface area contributed by atoms with Gasteiger partial charge in [-0.2, -0.15) is 0 Å². The predicted octanol–water partition coefficient (Wildman–Crippen LogP) is 3.76. The molecule has 0 fully saturated rings. The summed E-state index contributed by atoms with van der Waals surface area (Å²) in [5.74, 6) is 0. The third-order valence-electron chi connectivity index (χ3n) is 3.47. The van der Waals surface area contributed by atoms with E-state index in [9.17, 15) is 8.42 Å². The largest absolute Gasteiger partial charge is 0.271 e. The Morgan fingerprint density at radius 1 is 1.24 bits per heavy atom. The molecule has 21 heavy (non-hydrogen) atoms. The summed E-state index contributed by atoms with van der Waals surface area (Å²) in [6, 6.07) is 10.1. The maximum Gasteiger partial charge on any atom is 0.271 e.